The van der Waals surface area contributed by atoms with Crippen molar-refractivity contribution < 1.29 is 19.1 Å². The number of aromatic nitrogens is 1. The van der Waals surface area contributed by atoms with Crippen molar-refractivity contribution in [2.75, 3.05) is 6.61 Å². The van der Waals surface area contributed by atoms with Gasteiger partial charge in [0.15, 0.2) is 12.4 Å². The van der Waals surface area contributed by atoms with E-state index >= 15 is 0 Å². The minimum atomic E-state index is -0.640. The maximum Gasteiger partial charge on any atom is 0.347 e. The molecule has 0 saturated heterocycles. The van der Waals surface area contributed by atoms with Crippen molar-refractivity contribution in [3.8, 4) is 5.75 Å². The van der Waals surface area contributed by atoms with E-state index in [0.717, 1.165) is 0 Å². The minimum Gasteiger partial charge on any atom is -0.477 e. The summed E-state index contributed by atoms with van der Waals surface area (Å²) in [5.41, 5.74) is 0.321. The third kappa shape index (κ3) is 3.86. The predicted molar refractivity (Wildman–Crippen MR) is 61.0 cm³/mol. The van der Waals surface area contributed by atoms with E-state index in [9.17, 15) is 9.59 Å². The van der Waals surface area contributed by atoms with Crippen LogP contribution in [-0.2, 0) is 9.53 Å². The Kier molecular flexibility index (Phi) is 5.13. The van der Waals surface area contributed by atoms with E-state index in [0.29, 0.717) is 30.8 Å². The number of hydrogen-bond donors (Lipinski definition) is 0. The Morgan fingerprint density at radius 1 is 1.47 bits per heavy atom. The predicted octanol–water partition coefficient (Wildman–Crippen LogP) is 1.61. The van der Waals surface area contributed by atoms with Crippen LogP contribution in [0, 0.1) is 0 Å². The fourth-order valence-corrected chi connectivity index (χ4v) is 1.23. The van der Waals surface area contributed by atoms with Gasteiger partial charge >= 0.3 is 5.97 Å². The van der Waals surface area contributed by atoms with Gasteiger partial charge in [-0.25, -0.2) is 9.78 Å². The molecule has 5 heteroatoms. The van der Waals surface area contributed by atoms with Crippen LogP contribution in [0.5, 0.6) is 5.75 Å². The smallest absolute Gasteiger partial charge is 0.347 e. The van der Waals surface area contributed by atoms with E-state index in [2.05, 4.69) is 4.98 Å². The molecule has 0 aromatic carbocycles. The Labute approximate surface area is 99.8 Å². The second kappa shape index (κ2) is 6.62. The molecular formula is C12H15NO4. The molecule has 1 aromatic rings. The van der Waals surface area contributed by atoms with Gasteiger partial charge in [0.1, 0.15) is 11.4 Å². The second-order valence-electron chi connectivity index (χ2n) is 3.30. The van der Waals surface area contributed by atoms with Crippen LogP contribution in [0.3, 0.4) is 0 Å². The van der Waals surface area contributed by atoms with Gasteiger partial charge in [-0.2, -0.15) is 0 Å². The first-order valence-corrected chi connectivity index (χ1v) is 5.45. The fourth-order valence-electron chi connectivity index (χ4n) is 1.23. The topological polar surface area (TPSA) is 65.5 Å². The molecule has 0 N–H and O–H groups in total. The minimum absolute atomic E-state index is 0.320. The molecule has 1 unspecified atom stereocenters. The van der Waals surface area contributed by atoms with Gasteiger partial charge in [0.2, 0.25) is 0 Å². The molecule has 0 aliphatic rings. The molecule has 1 aromatic heterocycles. The van der Waals surface area contributed by atoms with Crippen LogP contribution < -0.4 is 4.74 Å². The summed E-state index contributed by atoms with van der Waals surface area (Å²) in [6.07, 6.45) is 1.92. The van der Waals surface area contributed by atoms with Crippen LogP contribution in [0.1, 0.15) is 30.8 Å². The summed E-state index contributed by atoms with van der Waals surface area (Å²) >= 11 is 0. The lowest BCUT2D eigenvalue weighted by Gasteiger charge is -2.15. The van der Waals surface area contributed by atoms with Crippen molar-refractivity contribution in [2.24, 2.45) is 0 Å². The summed E-state index contributed by atoms with van der Waals surface area (Å²) in [5, 5.41) is 0. The summed E-state index contributed by atoms with van der Waals surface area (Å²) in [7, 11) is 0. The van der Waals surface area contributed by atoms with Crippen LogP contribution in [0.25, 0.3) is 0 Å². The number of carbonyl (C=O) groups is 2. The lowest BCUT2D eigenvalue weighted by atomic mass is 10.3. The second-order valence-corrected chi connectivity index (χ2v) is 3.30. The van der Waals surface area contributed by atoms with Crippen LogP contribution in [0.4, 0.5) is 0 Å². The molecule has 0 radical (unpaired) electrons. The van der Waals surface area contributed by atoms with Gasteiger partial charge in [-0.3, -0.25) is 4.79 Å². The summed E-state index contributed by atoms with van der Waals surface area (Å²) < 4.78 is 10.3. The van der Waals surface area contributed by atoms with Crippen LogP contribution >= 0.6 is 0 Å². The Morgan fingerprint density at radius 3 is 2.71 bits per heavy atom. The van der Waals surface area contributed by atoms with Gasteiger partial charge in [0.05, 0.1) is 12.8 Å². The van der Waals surface area contributed by atoms with E-state index in [1.807, 2.05) is 6.92 Å². The average molecular weight is 237 g/mol. The molecule has 0 bridgehead atoms. The first kappa shape index (κ1) is 13.2. The monoisotopic (exact) mass is 237 g/mol. The molecular weight excluding hydrogens is 222 g/mol. The number of rotatable bonds is 6. The zero-order valence-electron chi connectivity index (χ0n) is 9.88. The Morgan fingerprint density at radius 2 is 2.24 bits per heavy atom. The molecule has 5 nitrogen and oxygen atoms in total. The lowest BCUT2D eigenvalue weighted by molar-refractivity contribution is -0.151. The van der Waals surface area contributed by atoms with Gasteiger partial charge in [-0.05, 0) is 25.5 Å². The molecule has 0 aliphatic heterocycles. The van der Waals surface area contributed by atoms with Crippen molar-refractivity contribution in [3.05, 3.63) is 24.0 Å². The van der Waals surface area contributed by atoms with E-state index in [1.54, 1.807) is 13.0 Å². The quantitative estimate of drug-likeness (QED) is 0.555. The third-order valence-corrected chi connectivity index (χ3v) is 2.08. The highest BCUT2D eigenvalue weighted by atomic mass is 16.6. The first-order chi connectivity index (χ1) is 8.21. The average Bonchev–Trinajstić information content (AvgIpc) is 2.37. The number of pyridine rings is 1. The Bertz CT molecular complexity index is 375. The van der Waals surface area contributed by atoms with Crippen LogP contribution in [0.2, 0.25) is 0 Å². The van der Waals surface area contributed by atoms with Gasteiger partial charge < -0.3 is 9.47 Å². The van der Waals surface area contributed by atoms with Crippen molar-refractivity contribution in [1.82, 2.24) is 4.98 Å². The van der Waals surface area contributed by atoms with Crippen molar-refractivity contribution >= 4 is 12.3 Å². The lowest BCUT2D eigenvalue weighted by Crippen LogP contribution is -2.28. The third-order valence-electron chi connectivity index (χ3n) is 2.08. The molecule has 0 saturated carbocycles. The van der Waals surface area contributed by atoms with Gasteiger partial charge in [0.25, 0.3) is 0 Å². The highest BCUT2D eigenvalue weighted by Crippen LogP contribution is 2.13. The highest BCUT2D eigenvalue weighted by molar-refractivity contribution is 5.75. The Hall–Kier alpha value is -1.91. The molecule has 0 spiro atoms. The summed E-state index contributed by atoms with van der Waals surface area (Å²) in [4.78, 5) is 25.7. The zero-order valence-corrected chi connectivity index (χ0v) is 9.88. The van der Waals surface area contributed by atoms with Crippen LogP contribution in [0.15, 0.2) is 18.3 Å². The van der Waals surface area contributed by atoms with E-state index in [1.165, 1.54) is 12.3 Å². The maximum absolute atomic E-state index is 11.5. The number of esters is 1. The highest BCUT2D eigenvalue weighted by Gasteiger charge is 2.19. The number of nitrogens with zero attached hydrogens (tertiary/aromatic N) is 1. The number of hydrogen-bond acceptors (Lipinski definition) is 5. The molecule has 92 valence electrons. The van der Waals surface area contributed by atoms with E-state index in [-0.39, 0.29) is 0 Å². The number of ether oxygens (including phenoxy) is 2. The summed E-state index contributed by atoms with van der Waals surface area (Å²) in [6.45, 7) is 3.89. The van der Waals surface area contributed by atoms with Crippen molar-refractivity contribution in [1.29, 1.82) is 0 Å². The van der Waals surface area contributed by atoms with E-state index < -0.39 is 12.1 Å². The van der Waals surface area contributed by atoms with E-state index in [4.69, 9.17) is 9.47 Å². The Balaban J connectivity index is 2.66. The number of aldehydes is 1. The van der Waals surface area contributed by atoms with Gasteiger partial charge in [-0.15, -0.1) is 0 Å². The fraction of sp³-hybridized carbons (Fsp3) is 0.417. The number of carbonyl (C=O) groups excluding carboxylic acids is 2. The van der Waals surface area contributed by atoms with Crippen LogP contribution in [-0.4, -0.2) is 30.0 Å². The maximum atomic E-state index is 11.5. The first-order valence-electron chi connectivity index (χ1n) is 5.45. The largest absolute Gasteiger partial charge is 0.477 e. The molecule has 1 rings (SSSR count). The molecule has 0 amide bonds. The summed E-state index contributed by atoms with van der Waals surface area (Å²) in [6, 6.07) is 3.12. The molecule has 0 aliphatic carbocycles. The van der Waals surface area contributed by atoms with Gasteiger partial charge in [-0.1, -0.05) is 6.92 Å². The SMILES string of the molecule is CCOC(=O)C(CC)Oc1ccc(C=O)nc1. The normalized spacial score (nSPS) is 11.6. The molecule has 0 fully saturated rings. The zero-order chi connectivity index (χ0) is 12.7. The molecule has 17 heavy (non-hydrogen) atoms. The summed E-state index contributed by atoms with van der Waals surface area (Å²) in [5.74, 6) is 0.0463. The van der Waals surface area contributed by atoms with Crippen molar-refractivity contribution in [2.45, 2.75) is 26.4 Å². The van der Waals surface area contributed by atoms with Gasteiger partial charge in [0, 0.05) is 0 Å². The standard InChI is InChI=1S/C12H15NO4/c1-3-11(12(15)16-4-2)17-10-6-5-9(8-14)13-7-10/h5-8,11H,3-4H2,1-2H3. The molecule has 1 heterocycles. The molecule has 1 atom stereocenters. The van der Waals surface area contributed by atoms with Crippen molar-refractivity contribution in [3.63, 3.8) is 0 Å².